The van der Waals surface area contributed by atoms with Crippen molar-refractivity contribution in [2.75, 3.05) is 55.1 Å². The molecule has 1 aliphatic heterocycles. The van der Waals surface area contributed by atoms with Gasteiger partial charge in [0.05, 0.1) is 19.9 Å². The highest BCUT2D eigenvalue weighted by Gasteiger charge is 2.76. The molecule has 0 aliphatic carbocycles. The third kappa shape index (κ3) is 109. The predicted octanol–water partition coefficient (Wildman–Crippen LogP) is 15.9. The summed E-state index contributed by atoms with van der Waals surface area (Å²) in [5.74, 6) is 3.16. The minimum absolute atomic E-state index is 0. The molecule has 1 fully saturated rings. The average molecular weight is 1040 g/mol. The Morgan fingerprint density at radius 1 is 0.647 bits per heavy atom. The molecular weight excluding hydrogens is 930 g/mol. The first-order valence-electron chi connectivity index (χ1n) is 14.4. The Morgan fingerprint density at radius 2 is 0.882 bits per heavy atom. The van der Waals surface area contributed by atoms with Gasteiger partial charge in [-0.3, -0.25) is 33.4 Å². The van der Waals surface area contributed by atoms with E-state index in [1.807, 2.05) is 0 Å². The maximum absolute atomic E-state index is 12.0. The van der Waals surface area contributed by atoms with Gasteiger partial charge < -0.3 is 15.0 Å². The van der Waals surface area contributed by atoms with Crippen LogP contribution in [0.1, 0.15) is 170 Å². The molecule has 1 N–H and O–H groups in total. The Balaban J connectivity index is -0.0000000158. The first-order chi connectivity index (χ1) is 24.0. The van der Waals surface area contributed by atoms with Crippen LogP contribution in [0.15, 0.2) is 0 Å². The smallest absolute Gasteiger partial charge is 0.359 e. The molecule has 4 amide bonds. The molecular formula is C46H113F11N4O7. The molecule has 0 aromatic heterocycles. The van der Waals surface area contributed by atoms with Gasteiger partial charge in [-0.15, -0.1) is 6.42 Å². The fourth-order valence-electron chi connectivity index (χ4n) is 1.47. The second kappa shape index (κ2) is 85.9. The number of nitrogens with zero attached hydrogens (tertiary/aromatic N) is 3. The van der Waals surface area contributed by atoms with E-state index in [1.165, 1.54) is 49.3 Å². The second-order valence-electron chi connectivity index (χ2n) is 8.84. The van der Waals surface area contributed by atoms with Crippen molar-refractivity contribution in [2.24, 2.45) is 5.92 Å². The zero-order valence-corrected chi connectivity index (χ0v) is 31.7. The number of amides is 4. The molecule has 0 radical (unpaired) electrons. The number of carbonyl (C=O) groups is 4. The number of halogens is 11. The molecule has 0 spiro atoms. The van der Waals surface area contributed by atoms with Crippen molar-refractivity contribution in [1.29, 1.82) is 0 Å². The third-order valence-electron chi connectivity index (χ3n) is 4.34. The van der Waals surface area contributed by atoms with Gasteiger partial charge in [0.2, 0.25) is 23.6 Å². The van der Waals surface area contributed by atoms with E-state index in [1.54, 1.807) is 56.0 Å². The van der Waals surface area contributed by atoms with E-state index in [9.17, 15) is 67.7 Å². The van der Waals surface area contributed by atoms with Crippen molar-refractivity contribution >= 4 is 23.6 Å². The summed E-state index contributed by atoms with van der Waals surface area (Å²) in [5.41, 5.74) is 0. The molecule has 68 heavy (non-hydrogen) atoms. The lowest BCUT2D eigenvalue weighted by atomic mass is 9.94. The Bertz CT molecular complexity index is 1150. The number of nitrogens with one attached hydrogen (secondary N) is 1. The summed E-state index contributed by atoms with van der Waals surface area (Å²) in [6, 6.07) is 5.01. The number of terminal acetylenes is 1. The highest BCUT2D eigenvalue weighted by atomic mass is 19.4. The van der Waals surface area contributed by atoms with E-state index in [0.717, 1.165) is 0 Å². The molecule has 1 heterocycles. The van der Waals surface area contributed by atoms with Gasteiger partial charge in [-0.25, -0.2) is 0 Å². The van der Waals surface area contributed by atoms with Gasteiger partial charge in [-0.1, -0.05) is 117 Å². The monoisotopic (exact) mass is 1040 g/mol. The van der Waals surface area contributed by atoms with Gasteiger partial charge in [0.1, 0.15) is 0 Å². The van der Waals surface area contributed by atoms with Crippen LogP contribution < -0.4 is 5.32 Å². The molecule has 436 valence electrons. The SMILES string of the molecule is C.C.C.C.C.C.C.C.C.C.C.C.C.C.C.C#CC#CN(C)C(C)=O.CC#CN(C)C(C)=O.CC(=O)N(C)C.CCF.CCOF.CCOF.CNC(C)=O.FC(F)(F)C1OC(F)(F)C1C(F)(F)F.[HH].[HH]. The number of alkyl halides is 9. The van der Waals surface area contributed by atoms with Crippen LogP contribution in [-0.2, 0) is 33.8 Å². The van der Waals surface area contributed by atoms with E-state index in [0.29, 0.717) is 0 Å². The maximum atomic E-state index is 12.0. The quantitative estimate of drug-likeness (QED) is 0.166. The van der Waals surface area contributed by atoms with Crippen molar-refractivity contribution in [3.8, 4) is 36.3 Å². The largest absolute Gasteiger partial charge is 0.415 e. The molecule has 2 unspecified atom stereocenters. The van der Waals surface area contributed by atoms with Gasteiger partial charge >= 0.3 is 18.5 Å². The molecule has 0 aromatic rings. The lowest BCUT2D eigenvalue weighted by molar-refractivity contribution is -0.487. The van der Waals surface area contributed by atoms with Gasteiger partial charge in [0.15, 0.2) is 12.0 Å². The van der Waals surface area contributed by atoms with E-state index in [4.69, 9.17) is 6.42 Å². The Labute approximate surface area is 417 Å². The van der Waals surface area contributed by atoms with Crippen LogP contribution in [0.5, 0.6) is 0 Å². The molecule has 1 saturated heterocycles. The van der Waals surface area contributed by atoms with Gasteiger partial charge in [-0.05, 0) is 42.7 Å². The van der Waals surface area contributed by atoms with Crippen molar-refractivity contribution < 1.29 is 85.2 Å². The summed E-state index contributed by atoms with van der Waals surface area (Å²) in [4.78, 5) is 50.7. The van der Waals surface area contributed by atoms with Crippen molar-refractivity contribution in [3.05, 3.63) is 0 Å². The minimum atomic E-state index is -5.64. The van der Waals surface area contributed by atoms with Crippen LogP contribution in [-0.4, -0.2) is 118 Å². The fourth-order valence-corrected chi connectivity index (χ4v) is 1.47. The van der Waals surface area contributed by atoms with E-state index < -0.39 is 30.5 Å². The number of hydrogen-bond donors (Lipinski definition) is 1. The van der Waals surface area contributed by atoms with Crippen molar-refractivity contribution in [3.63, 3.8) is 0 Å². The standard InChI is InChI=1S/C7H7NO.C6H9NO.C5H2F8O.C4H9NO.C3H7NO.2C2H5FO.C2H5F.15CH4.2H2/c1-4-5-6-8(3)7(2)9;1-4-5-7(3)6(2)8;6-3(7,8)1-2(4(9,10)11)14-5(1,12)13;1-4(6)5(2)3;1-3(5)4-2;2*1-2-4-3;1-2-3;;;;;;;;;;;;;;;;;/h1H,2-3H3;1-3H3;1-2H;1-3H3;1-2H3,(H,4,5);2*2H2,1H3;2H2,1H3;15*1H4;2*1H. The summed E-state index contributed by atoms with van der Waals surface area (Å²) < 4.78 is 128. The fraction of sp³-hybridized carbons (Fsp3) is 0.783. The van der Waals surface area contributed by atoms with Gasteiger partial charge in [-0.2, -0.15) is 45.0 Å². The molecule has 1 aliphatic rings. The molecule has 0 saturated carbocycles. The first kappa shape index (κ1) is 144. The number of hydrogen-bond acceptors (Lipinski definition) is 7. The Morgan fingerprint density at radius 3 is 0.971 bits per heavy atom. The zero-order chi connectivity index (χ0) is 44.2. The summed E-state index contributed by atoms with van der Waals surface area (Å²) in [5, 5.41) is 2.39. The topological polar surface area (TPSA) is 118 Å². The molecule has 2 atom stereocenters. The summed E-state index contributed by atoms with van der Waals surface area (Å²) in [6.07, 6.45) is -14.5. The maximum Gasteiger partial charge on any atom is 0.415 e. The Kier molecular flexibility index (Phi) is 182. The summed E-state index contributed by atoms with van der Waals surface area (Å²) in [6.45, 7) is 12.3. The van der Waals surface area contributed by atoms with Crippen molar-refractivity contribution in [2.45, 2.75) is 191 Å². The number of rotatable bonds is 2. The molecule has 11 nitrogen and oxygen atoms in total. The molecule has 1 rings (SSSR count). The first-order valence-corrected chi connectivity index (χ1v) is 14.4. The lowest BCUT2D eigenvalue weighted by Gasteiger charge is -2.44. The average Bonchev–Trinajstić information content (AvgIpc) is 3.03. The van der Waals surface area contributed by atoms with Crippen molar-refractivity contribution in [1.82, 2.24) is 20.0 Å². The van der Waals surface area contributed by atoms with Crippen LogP contribution in [0.3, 0.4) is 0 Å². The van der Waals surface area contributed by atoms with Crippen LogP contribution in [0, 0.1) is 42.2 Å². The minimum Gasteiger partial charge on any atom is -0.359 e. The Hall–Kier alpha value is -4.33. The molecule has 0 aromatic carbocycles. The van der Waals surface area contributed by atoms with E-state index in [2.05, 4.69) is 49.8 Å². The van der Waals surface area contributed by atoms with Crippen LogP contribution in [0.4, 0.5) is 48.6 Å². The third-order valence-corrected chi connectivity index (χ3v) is 4.34. The predicted molar refractivity (Wildman–Crippen MR) is 279 cm³/mol. The van der Waals surface area contributed by atoms with Crippen LogP contribution in [0.25, 0.3) is 0 Å². The van der Waals surface area contributed by atoms with Gasteiger partial charge in [0.25, 0.3) is 0 Å². The highest BCUT2D eigenvalue weighted by molar-refractivity contribution is 5.75. The van der Waals surface area contributed by atoms with Crippen LogP contribution >= 0.6 is 0 Å². The molecule has 22 heteroatoms. The number of ether oxygens (including phenoxy) is 1. The normalized spacial score (nSPS) is 10.7. The lowest BCUT2D eigenvalue weighted by Crippen LogP contribution is -2.65. The highest BCUT2D eigenvalue weighted by Crippen LogP contribution is 2.55. The van der Waals surface area contributed by atoms with Gasteiger partial charge in [0, 0.05) is 83.8 Å². The van der Waals surface area contributed by atoms with E-state index >= 15 is 0 Å². The number of carbonyl (C=O) groups excluding carboxylic acids is 4. The zero-order valence-electron chi connectivity index (χ0n) is 31.7. The summed E-state index contributed by atoms with van der Waals surface area (Å²) in [7, 11) is 8.25. The van der Waals surface area contributed by atoms with Crippen LogP contribution in [0.2, 0.25) is 0 Å². The second-order valence-corrected chi connectivity index (χ2v) is 8.84. The summed E-state index contributed by atoms with van der Waals surface area (Å²) >= 11 is 0. The van der Waals surface area contributed by atoms with E-state index in [-0.39, 0.29) is 158 Å². The molecule has 0 bridgehead atoms.